The number of carbonyl (C=O) groups excluding carboxylic acids is 1. The number of aromatic nitrogens is 2. The molecule has 3 nitrogen and oxygen atoms in total. The molecule has 0 aromatic carbocycles. The summed E-state index contributed by atoms with van der Waals surface area (Å²) >= 11 is 0. The quantitative estimate of drug-likeness (QED) is 0.524. The molecule has 1 heterocycles. The molecule has 0 radical (unpaired) electrons. The fourth-order valence-electron chi connectivity index (χ4n) is 1.47. The molecule has 2 rings (SSSR count). The summed E-state index contributed by atoms with van der Waals surface area (Å²) in [7, 11) is 1.97. The van der Waals surface area contributed by atoms with E-state index in [4.69, 9.17) is 0 Å². The van der Waals surface area contributed by atoms with Gasteiger partial charge in [-0.05, 0) is 18.7 Å². The van der Waals surface area contributed by atoms with Crippen LogP contribution in [0.3, 0.4) is 0 Å². The van der Waals surface area contributed by atoms with E-state index in [1.54, 1.807) is 6.20 Å². The fraction of sp³-hybridized carbons (Fsp3) is 0.429. The van der Waals surface area contributed by atoms with E-state index in [9.17, 15) is 4.79 Å². The normalized spacial score (nSPS) is 23.3. The molecule has 1 aromatic heterocycles. The van der Waals surface area contributed by atoms with Crippen molar-refractivity contribution in [2.24, 2.45) is 0 Å². The van der Waals surface area contributed by atoms with Gasteiger partial charge in [0.25, 0.3) is 0 Å². The minimum absolute atomic E-state index is 0.181. The molecule has 0 fully saturated rings. The van der Waals surface area contributed by atoms with Crippen molar-refractivity contribution >= 4 is 13.6 Å². The number of nitrogens with one attached hydrogen (secondary N) is 1. The summed E-state index contributed by atoms with van der Waals surface area (Å²) in [5.74, 6) is 0.417. The molecule has 0 spiro atoms. The van der Waals surface area contributed by atoms with Crippen LogP contribution in [0.1, 0.15) is 22.5 Å². The highest BCUT2D eigenvalue weighted by molar-refractivity contribution is 6.28. The van der Waals surface area contributed by atoms with Gasteiger partial charge in [-0.15, -0.1) is 0 Å². The Balaban J connectivity index is 2.46. The second-order valence-electron chi connectivity index (χ2n) is 3.05. The highest BCUT2D eigenvalue weighted by atomic mass is 16.1. The molecule has 11 heavy (non-hydrogen) atoms. The highest BCUT2D eigenvalue weighted by Gasteiger charge is 2.24. The zero-order chi connectivity index (χ0) is 7.84. The summed E-state index contributed by atoms with van der Waals surface area (Å²) in [6.45, 7) is 0. The lowest BCUT2D eigenvalue weighted by atomic mass is 9.74. The molecule has 1 aliphatic rings. The minimum Gasteiger partial charge on any atom is -0.295 e. The minimum atomic E-state index is 0.181. The van der Waals surface area contributed by atoms with E-state index in [0.717, 1.165) is 24.1 Å². The number of hydrogen-bond acceptors (Lipinski definition) is 2. The number of aryl methyl sites for hydroxylation is 1. The molecule has 0 aliphatic heterocycles. The lowest BCUT2D eigenvalue weighted by molar-refractivity contribution is 0.0973. The first-order chi connectivity index (χ1) is 5.29. The number of H-pyrrole nitrogens is 1. The van der Waals surface area contributed by atoms with Crippen LogP contribution >= 0.6 is 0 Å². The Morgan fingerprint density at radius 3 is 3.36 bits per heavy atom. The summed E-state index contributed by atoms with van der Waals surface area (Å²) < 4.78 is 0. The average molecular weight is 148 g/mol. The van der Waals surface area contributed by atoms with Gasteiger partial charge in [-0.25, -0.2) is 0 Å². The number of nitrogens with zero attached hydrogens (tertiary/aromatic N) is 1. The van der Waals surface area contributed by atoms with Gasteiger partial charge in [0.2, 0.25) is 0 Å². The predicted octanol–water partition coefficient (Wildman–Crippen LogP) is -0.0398. The number of fused-ring (bicyclic) bond motifs is 1. The predicted molar refractivity (Wildman–Crippen MR) is 43.5 cm³/mol. The highest BCUT2D eigenvalue weighted by Crippen LogP contribution is 2.24. The zero-order valence-electron chi connectivity index (χ0n) is 6.42. The van der Waals surface area contributed by atoms with Gasteiger partial charge in [-0.2, -0.15) is 5.10 Å². The van der Waals surface area contributed by atoms with Gasteiger partial charge in [0.1, 0.15) is 7.85 Å². The molecule has 0 saturated heterocycles. The lowest BCUT2D eigenvalue weighted by Crippen LogP contribution is -2.16. The van der Waals surface area contributed by atoms with Crippen molar-refractivity contribution in [2.75, 3.05) is 0 Å². The number of Topliss-reactive ketones (excluding diaryl/α,β-unsaturated/α-hetero) is 1. The average Bonchev–Trinajstić information content (AvgIpc) is 2.45. The van der Waals surface area contributed by atoms with Crippen molar-refractivity contribution in [3.63, 3.8) is 0 Å². The van der Waals surface area contributed by atoms with Crippen LogP contribution in [0.2, 0.25) is 5.82 Å². The Bertz CT molecular complexity index is 294. The molecule has 1 atom stereocenters. The third kappa shape index (κ3) is 0.896. The Kier molecular flexibility index (Phi) is 1.34. The summed E-state index contributed by atoms with van der Waals surface area (Å²) in [5, 5.41) is 6.72. The maximum absolute atomic E-state index is 11.4. The topological polar surface area (TPSA) is 45.8 Å². The SMILES string of the molecule is BC1CCc2n[nH]cc2C1=O. The first-order valence-corrected chi connectivity index (χ1v) is 3.86. The maximum Gasteiger partial charge on any atom is 0.161 e. The van der Waals surface area contributed by atoms with Crippen molar-refractivity contribution in [2.45, 2.75) is 18.7 Å². The van der Waals surface area contributed by atoms with Crippen LogP contribution in [0, 0.1) is 0 Å². The molecule has 1 aliphatic carbocycles. The molecule has 1 N–H and O–H groups in total. The van der Waals surface area contributed by atoms with Crippen LogP contribution in [0.4, 0.5) is 0 Å². The van der Waals surface area contributed by atoms with Crippen molar-refractivity contribution in [3.8, 4) is 0 Å². The van der Waals surface area contributed by atoms with Gasteiger partial charge in [-0.3, -0.25) is 9.89 Å². The zero-order valence-corrected chi connectivity index (χ0v) is 6.42. The second kappa shape index (κ2) is 2.22. The monoisotopic (exact) mass is 148 g/mol. The maximum atomic E-state index is 11.4. The second-order valence-corrected chi connectivity index (χ2v) is 3.05. The van der Waals surface area contributed by atoms with E-state index in [2.05, 4.69) is 10.2 Å². The Hall–Kier alpha value is -1.06. The summed E-state index contributed by atoms with van der Waals surface area (Å²) in [6, 6.07) is 0. The molecular weight excluding hydrogens is 139 g/mol. The summed E-state index contributed by atoms with van der Waals surface area (Å²) in [6.07, 6.45) is 3.58. The van der Waals surface area contributed by atoms with E-state index < -0.39 is 0 Å². The largest absolute Gasteiger partial charge is 0.295 e. The Morgan fingerprint density at radius 2 is 2.55 bits per heavy atom. The van der Waals surface area contributed by atoms with Crippen molar-refractivity contribution < 1.29 is 4.79 Å². The molecule has 56 valence electrons. The molecule has 4 heteroatoms. The summed E-state index contributed by atoms with van der Waals surface area (Å²) in [4.78, 5) is 11.4. The van der Waals surface area contributed by atoms with E-state index in [1.807, 2.05) is 7.85 Å². The third-order valence-electron chi connectivity index (χ3n) is 2.25. The van der Waals surface area contributed by atoms with E-state index in [1.165, 1.54) is 0 Å². The van der Waals surface area contributed by atoms with Crippen LogP contribution in [-0.2, 0) is 6.42 Å². The van der Waals surface area contributed by atoms with Gasteiger partial charge >= 0.3 is 0 Å². The number of rotatable bonds is 0. The first-order valence-electron chi connectivity index (χ1n) is 3.86. The molecule has 0 saturated carbocycles. The van der Waals surface area contributed by atoms with Crippen LogP contribution in [-0.4, -0.2) is 23.8 Å². The number of hydrogen-bond donors (Lipinski definition) is 1. The van der Waals surface area contributed by atoms with Crippen LogP contribution in [0.5, 0.6) is 0 Å². The third-order valence-corrected chi connectivity index (χ3v) is 2.25. The van der Waals surface area contributed by atoms with Gasteiger partial charge in [0, 0.05) is 6.20 Å². The van der Waals surface area contributed by atoms with Crippen molar-refractivity contribution in [1.29, 1.82) is 0 Å². The number of aromatic amines is 1. The number of carbonyl (C=O) groups is 1. The van der Waals surface area contributed by atoms with E-state index in [-0.39, 0.29) is 11.6 Å². The Morgan fingerprint density at radius 1 is 1.73 bits per heavy atom. The smallest absolute Gasteiger partial charge is 0.161 e. The molecule has 0 amide bonds. The molecule has 0 bridgehead atoms. The molecule has 1 unspecified atom stereocenters. The van der Waals surface area contributed by atoms with E-state index >= 15 is 0 Å². The molecule has 1 aromatic rings. The summed E-state index contributed by atoms with van der Waals surface area (Å²) in [5.41, 5.74) is 1.73. The standard InChI is InChI=1S/C7H9BN2O/c8-5-1-2-6-4(7(5)11)3-9-10-6/h3,5H,1-2,8H2,(H,9,10). The van der Waals surface area contributed by atoms with Crippen LogP contribution in [0.25, 0.3) is 0 Å². The fourth-order valence-corrected chi connectivity index (χ4v) is 1.47. The Labute approximate surface area is 65.6 Å². The van der Waals surface area contributed by atoms with Crippen LogP contribution < -0.4 is 0 Å². The first kappa shape index (κ1) is 6.64. The van der Waals surface area contributed by atoms with Gasteiger partial charge in [0.15, 0.2) is 5.78 Å². The van der Waals surface area contributed by atoms with Crippen LogP contribution in [0.15, 0.2) is 6.20 Å². The van der Waals surface area contributed by atoms with Crippen molar-refractivity contribution in [3.05, 3.63) is 17.5 Å². The van der Waals surface area contributed by atoms with E-state index in [0.29, 0.717) is 0 Å². The number of ketones is 1. The van der Waals surface area contributed by atoms with Gasteiger partial charge < -0.3 is 0 Å². The molecular formula is C7H9BN2O. The van der Waals surface area contributed by atoms with Gasteiger partial charge in [-0.1, -0.05) is 0 Å². The van der Waals surface area contributed by atoms with Crippen molar-refractivity contribution in [1.82, 2.24) is 10.2 Å². The lowest BCUT2D eigenvalue weighted by Gasteiger charge is -2.14. The van der Waals surface area contributed by atoms with Gasteiger partial charge in [0.05, 0.1) is 11.3 Å².